The molecule has 1 aromatic carbocycles. The zero-order valence-corrected chi connectivity index (χ0v) is 11.4. The van der Waals surface area contributed by atoms with Crippen molar-refractivity contribution in [3.05, 3.63) is 48.2 Å². The summed E-state index contributed by atoms with van der Waals surface area (Å²) in [5, 5.41) is 0. The molecular weight excluding hydrogens is 644 g/mol. The van der Waals surface area contributed by atoms with Crippen LogP contribution >= 0.6 is 0 Å². The predicted octanol–water partition coefficient (Wildman–Crippen LogP) is 2.67. The van der Waals surface area contributed by atoms with E-state index in [1.54, 1.807) is 0 Å². The van der Waals surface area contributed by atoms with Gasteiger partial charge in [0.05, 0.1) is 0 Å². The Labute approximate surface area is 62.9 Å². The van der Waals surface area contributed by atoms with Gasteiger partial charge in [-0.2, -0.15) is 0 Å². The molecule has 0 N–H and O–H groups in total. The maximum absolute atomic E-state index is 3.89. The van der Waals surface area contributed by atoms with Gasteiger partial charge in [-0.3, -0.25) is 0 Å². The van der Waals surface area contributed by atoms with Crippen molar-refractivity contribution in [2.75, 3.05) is 0 Å². The molecule has 0 aliphatic heterocycles. The van der Waals surface area contributed by atoms with Gasteiger partial charge in [0.1, 0.15) is 0 Å². The molecule has 2 radical (unpaired) electrons. The summed E-state index contributed by atoms with van der Waals surface area (Å²) in [4.78, 5) is 0. The molecule has 84 valence electrons. The van der Waals surface area contributed by atoms with E-state index in [2.05, 4.69) is 39.8 Å². The fourth-order valence-corrected chi connectivity index (χ4v) is 0.936. The third kappa shape index (κ3) is 1.47. The van der Waals surface area contributed by atoms with Crippen LogP contribution in [0.15, 0.2) is 12.1 Å². The summed E-state index contributed by atoms with van der Waals surface area (Å²) in [5.74, 6) is 0. The zero-order chi connectivity index (χ0) is 7.72. The Balaban J connectivity index is 0. The Morgan fingerprint density at radius 1 is 0.833 bits per heavy atom. The second kappa shape index (κ2) is 3.21. The number of aryl methyl sites for hydroxylation is 2. The molecule has 0 bridgehead atoms. The second-order valence-electron chi connectivity index (χ2n) is 2.71. The molecule has 0 aliphatic rings. The third-order valence-corrected chi connectivity index (χ3v) is 1.79. The first-order valence-corrected chi connectivity index (χ1v) is 3.36. The molecule has 0 aliphatic carbocycles. The van der Waals surface area contributed by atoms with Gasteiger partial charge in [0.2, 0.25) is 0 Å². The van der Waals surface area contributed by atoms with Gasteiger partial charge in [-0.15, -0.1) is 0 Å². The van der Waals surface area contributed by atoms with Crippen LogP contribution in [0.1, 0.15) is 22.3 Å². The van der Waals surface area contributed by atoms with Crippen molar-refractivity contribution in [1.29, 1.82) is 0 Å². The van der Waals surface area contributed by atoms with Crippen molar-refractivity contribution in [2.24, 2.45) is 0 Å². The standard InChI is InChI=1S/C10H12.2Lr/c1-7-5-9(3)10(4)6-8(7)2;;/h5-6H,1,4H2,2-3H3;;/q-2;;. The van der Waals surface area contributed by atoms with Crippen LogP contribution in [0.2, 0.25) is 0 Å². The van der Waals surface area contributed by atoms with E-state index in [4.69, 9.17) is 0 Å². The first-order valence-electron chi connectivity index (χ1n) is 3.36. The van der Waals surface area contributed by atoms with E-state index in [1.165, 1.54) is 11.1 Å². The van der Waals surface area contributed by atoms with Gasteiger partial charge in [0, 0.05) is 0 Å². The van der Waals surface area contributed by atoms with Crippen molar-refractivity contribution in [3.8, 4) is 0 Å². The van der Waals surface area contributed by atoms with Crippen LogP contribution in [-0.4, -0.2) is 0 Å². The molecule has 0 unspecified atom stereocenters. The summed E-state index contributed by atoms with van der Waals surface area (Å²) in [5.41, 5.74) is 4.64. The molecule has 0 saturated heterocycles. The third-order valence-electron chi connectivity index (χ3n) is 1.79. The van der Waals surface area contributed by atoms with Gasteiger partial charge in [-0.25, -0.2) is 48.2 Å². The fraction of sp³-hybridized carbons (Fsp3) is 0.200. The van der Waals surface area contributed by atoms with E-state index in [9.17, 15) is 0 Å². The topological polar surface area (TPSA) is 0 Å². The first-order chi connectivity index (χ1) is 4.61. The van der Waals surface area contributed by atoms with Gasteiger partial charge >= 0.3 is 0 Å². The molecule has 2 heteroatoms. The quantitative estimate of drug-likeness (QED) is 0.378. The molecule has 0 amide bonds. The molecule has 0 aromatic heterocycles. The van der Waals surface area contributed by atoms with Gasteiger partial charge in [-0.05, 0) is 0 Å². The molecular formula is C10H12Lr2-2. The van der Waals surface area contributed by atoms with Crippen molar-refractivity contribution in [2.45, 2.75) is 13.8 Å². The summed E-state index contributed by atoms with van der Waals surface area (Å²) >= 11 is 0. The summed E-state index contributed by atoms with van der Waals surface area (Å²) < 4.78 is 0. The second-order valence-corrected chi connectivity index (χ2v) is 2.71. The van der Waals surface area contributed by atoms with E-state index in [-0.39, 0.29) is 0 Å². The molecule has 0 spiro atoms. The SMILES string of the molecule is [CH2-]c1cc(C)c([CH2-])cc1C.[Lr].[Lr]. The maximum Gasteiger partial charge on any atom is 0 e. The number of rotatable bonds is 0. The monoisotopic (exact) mass is 656 g/mol. The Morgan fingerprint density at radius 2 is 1.08 bits per heavy atom. The Morgan fingerprint density at radius 3 is 1.33 bits per heavy atom. The van der Waals surface area contributed by atoms with E-state index < -0.39 is 0 Å². The summed E-state index contributed by atoms with van der Waals surface area (Å²) in [6.45, 7) is 11.9. The van der Waals surface area contributed by atoms with Crippen molar-refractivity contribution in [1.82, 2.24) is 0 Å². The van der Waals surface area contributed by atoms with Crippen LogP contribution < -0.4 is 0 Å². The Hall–Kier alpha value is -3.04. The summed E-state index contributed by atoms with van der Waals surface area (Å²) in [6, 6.07) is 4.13. The minimum Gasteiger partial charge on any atom is -0.217 e. The van der Waals surface area contributed by atoms with Gasteiger partial charge in [-0.1, -0.05) is 13.8 Å². The Kier molecular flexibility index (Phi) is 3.14. The van der Waals surface area contributed by atoms with Crippen LogP contribution in [0, 0.1) is 27.7 Å². The van der Waals surface area contributed by atoms with Crippen molar-refractivity contribution in [3.63, 3.8) is 0 Å². The molecule has 1 aromatic rings. The minimum atomic E-state index is 0. The van der Waals surface area contributed by atoms with Gasteiger partial charge < -0.3 is 0 Å². The van der Waals surface area contributed by atoms with Crippen LogP contribution in [0.5, 0.6) is 0 Å². The summed E-state index contributed by atoms with van der Waals surface area (Å²) in [7, 11) is 0. The van der Waals surface area contributed by atoms with Crippen LogP contribution in [0.25, 0.3) is 0 Å². The van der Waals surface area contributed by atoms with E-state index in [1.807, 2.05) is 0 Å². The number of hydrogen-bond donors (Lipinski definition) is 0. The minimum absolute atomic E-state index is 0. The number of benzene rings is 1. The largest absolute Gasteiger partial charge is 0.217 e. The summed E-state index contributed by atoms with van der Waals surface area (Å²) in [6.07, 6.45) is 0. The van der Waals surface area contributed by atoms with Crippen LogP contribution in [0.3, 0.4) is 0 Å². The normalized spacial score (nSPS) is 8.17. The van der Waals surface area contributed by atoms with E-state index >= 15 is 0 Å². The smallest absolute Gasteiger partial charge is 0 e. The first kappa shape index (κ1) is 11.7. The van der Waals surface area contributed by atoms with Crippen LogP contribution in [0.4, 0.5) is 0 Å². The predicted molar refractivity (Wildman–Crippen MR) is 44.8 cm³/mol. The van der Waals surface area contributed by atoms with Crippen molar-refractivity contribution >= 4 is 0 Å². The van der Waals surface area contributed by atoms with Crippen LogP contribution in [-0.2, 0) is 0 Å². The molecule has 1 rings (SSSR count). The maximum atomic E-state index is 3.89. The zero-order valence-electron chi connectivity index (χ0n) is 7.09. The number of hydrogen-bond acceptors (Lipinski definition) is 0. The fourth-order valence-electron chi connectivity index (χ4n) is 0.936. The van der Waals surface area contributed by atoms with E-state index in [0.29, 0.717) is 0 Å². The molecule has 12 heavy (non-hydrogen) atoms. The average molecular weight is 656 g/mol. The molecule has 0 saturated carbocycles. The van der Waals surface area contributed by atoms with Crippen molar-refractivity contribution < 1.29 is 0 Å². The van der Waals surface area contributed by atoms with Gasteiger partial charge in [0.25, 0.3) is 0 Å². The van der Waals surface area contributed by atoms with Gasteiger partial charge in [0.15, 0.2) is 0 Å². The van der Waals surface area contributed by atoms with E-state index in [0.717, 1.165) is 11.1 Å². The Bertz CT molecular complexity index is 204. The molecule has 0 atom stereocenters. The molecule has 0 fully saturated rings. The molecule has 0 nitrogen and oxygen atoms in total. The molecule has 0 heterocycles. The average Bonchev–Trinajstić information content (AvgIpc) is 1.84.